The van der Waals surface area contributed by atoms with Gasteiger partial charge < -0.3 is 10.2 Å². The molecular weight excluding hydrogens is 210 g/mol. The molecule has 1 heterocycles. The van der Waals surface area contributed by atoms with E-state index in [0.29, 0.717) is 5.41 Å². The van der Waals surface area contributed by atoms with Gasteiger partial charge in [0.2, 0.25) is 0 Å². The van der Waals surface area contributed by atoms with E-state index < -0.39 is 0 Å². The maximum Gasteiger partial charge on any atom is 0.0564 e. The molecule has 0 saturated heterocycles. The lowest BCUT2D eigenvalue weighted by Crippen LogP contribution is -2.29. The van der Waals surface area contributed by atoms with Gasteiger partial charge in [-0.3, -0.25) is 4.98 Å². The maximum atomic E-state index is 4.41. The number of anilines is 1. The van der Waals surface area contributed by atoms with Crippen molar-refractivity contribution in [1.82, 2.24) is 9.88 Å². The Morgan fingerprint density at radius 1 is 1.35 bits per heavy atom. The van der Waals surface area contributed by atoms with Crippen molar-refractivity contribution < 1.29 is 0 Å². The van der Waals surface area contributed by atoms with Crippen LogP contribution < -0.4 is 5.32 Å². The number of nitrogens with one attached hydrogen (secondary N) is 1. The molecule has 0 radical (unpaired) electrons. The largest absolute Gasteiger partial charge is 0.385 e. The van der Waals surface area contributed by atoms with Gasteiger partial charge in [0.05, 0.1) is 5.69 Å². The maximum absolute atomic E-state index is 4.41. The standard InChI is InChI=1S/C14H25N3/c1-6-15-12-7-8-16-13(9-12)10-17(5)11-14(2,3)4/h7-9H,6,10-11H2,1-5H3,(H,15,16). The predicted molar refractivity (Wildman–Crippen MR) is 74.2 cm³/mol. The summed E-state index contributed by atoms with van der Waals surface area (Å²) in [5, 5.41) is 3.31. The quantitative estimate of drug-likeness (QED) is 0.850. The van der Waals surface area contributed by atoms with Gasteiger partial charge in [-0.15, -0.1) is 0 Å². The molecule has 0 unspecified atom stereocenters. The fourth-order valence-corrected chi connectivity index (χ4v) is 2.02. The summed E-state index contributed by atoms with van der Waals surface area (Å²) < 4.78 is 0. The van der Waals surface area contributed by atoms with E-state index in [4.69, 9.17) is 0 Å². The number of hydrogen-bond donors (Lipinski definition) is 1. The van der Waals surface area contributed by atoms with Crippen LogP contribution >= 0.6 is 0 Å². The van der Waals surface area contributed by atoms with Crippen LogP contribution in [0.3, 0.4) is 0 Å². The minimum Gasteiger partial charge on any atom is -0.385 e. The lowest BCUT2D eigenvalue weighted by atomic mass is 9.96. The van der Waals surface area contributed by atoms with Crippen molar-refractivity contribution in [3.8, 4) is 0 Å². The molecule has 17 heavy (non-hydrogen) atoms. The summed E-state index contributed by atoms with van der Waals surface area (Å²) in [4.78, 5) is 6.73. The number of aromatic nitrogens is 1. The Labute approximate surface area is 105 Å². The van der Waals surface area contributed by atoms with E-state index in [9.17, 15) is 0 Å². The summed E-state index contributed by atoms with van der Waals surface area (Å²) in [5.41, 5.74) is 2.60. The highest BCUT2D eigenvalue weighted by atomic mass is 15.1. The predicted octanol–water partition coefficient (Wildman–Crippen LogP) is 2.99. The number of pyridine rings is 1. The molecule has 1 N–H and O–H groups in total. The minimum atomic E-state index is 0.327. The first-order chi connectivity index (χ1) is 7.90. The van der Waals surface area contributed by atoms with Crippen LogP contribution in [0.4, 0.5) is 5.69 Å². The number of rotatable bonds is 5. The van der Waals surface area contributed by atoms with Gasteiger partial charge in [-0.25, -0.2) is 0 Å². The lowest BCUT2D eigenvalue weighted by Gasteiger charge is -2.26. The van der Waals surface area contributed by atoms with Crippen molar-refractivity contribution in [1.29, 1.82) is 0 Å². The SMILES string of the molecule is CCNc1ccnc(CN(C)CC(C)(C)C)c1. The summed E-state index contributed by atoms with van der Waals surface area (Å²) in [6.45, 7) is 11.8. The second-order valence-electron chi connectivity index (χ2n) is 5.80. The lowest BCUT2D eigenvalue weighted by molar-refractivity contribution is 0.219. The second kappa shape index (κ2) is 6.01. The summed E-state index contributed by atoms with van der Waals surface area (Å²) in [5.74, 6) is 0. The summed E-state index contributed by atoms with van der Waals surface area (Å²) in [7, 11) is 2.15. The first kappa shape index (κ1) is 14.0. The van der Waals surface area contributed by atoms with Gasteiger partial charge in [-0.1, -0.05) is 20.8 Å². The average Bonchev–Trinajstić information content (AvgIpc) is 2.15. The molecule has 0 aliphatic rings. The average molecular weight is 235 g/mol. The minimum absolute atomic E-state index is 0.327. The Bertz CT molecular complexity index is 342. The van der Waals surface area contributed by atoms with E-state index in [1.165, 1.54) is 0 Å². The summed E-state index contributed by atoms with van der Waals surface area (Å²) >= 11 is 0. The molecule has 0 amide bonds. The molecule has 0 aliphatic heterocycles. The molecule has 0 bridgehead atoms. The van der Waals surface area contributed by atoms with Crippen molar-refractivity contribution >= 4 is 5.69 Å². The molecule has 0 aromatic carbocycles. The topological polar surface area (TPSA) is 28.2 Å². The van der Waals surface area contributed by atoms with E-state index in [2.05, 4.69) is 56.0 Å². The third kappa shape index (κ3) is 5.68. The molecule has 0 saturated carbocycles. The van der Waals surface area contributed by atoms with Crippen LogP contribution in [0, 0.1) is 5.41 Å². The molecule has 0 fully saturated rings. The highest BCUT2D eigenvalue weighted by Gasteiger charge is 2.13. The summed E-state index contributed by atoms with van der Waals surface area (Å²) in [6.07, 6.45) is 1.87. The van der Waals surface area contributed by atoms with E-state index >= 15 is 0 Å². The van der Waals surface area contributed by atoms with Gasteiger partial charge in [-0.2, -0.15) is 0 Å². The van der Waals surface area contributed by atoms with Crippen LogP contribution in [-0.4, -0.2) is 30.0 Å². The molecule has 0 aliphatic carbocycles. The van der Waals surface area contributed by atoms with Crippen molar-refractivity contribution in [2.24, 2.45) is 5.41 Å². The van der Waals surface area contributed by atoms with E-state index in [1.54, 1.807) is 0 Å². The van der Waals surface area contributed by atoms with Crippen LogP contribution in [0.1, 0.15) is 33.4 Å². The van der Waals surface area contributed by atoms with Crippen LogP contribution in [0.25, 0.3) is 0 Å². The van der Waals surface area contributed by atoms with Gasteiger partial charge >= 0.3 is 0 Å². The third-order valence-corrected chi connectivity index (χ3v) is 2.37. The van der Waals surface area contributed by atoms with Crippen LogP contribution in [-0.2, 0) is 6.54 Å². The number of hydrogen-bond acceptors (Lipinski definition) is 3. The van der Waals surface area contributed by atoms with Crippen molar-refractivity contribution in [2.75, 3.05) is 25.5 Å². The zero-order valence-corrected chi connectivity index (χ0v) is 11.7. The molecular formula is C14H25N3. The van der Waals surface area contributed by atoms with Gasteiger partial charge in [0.15, 0.2) is 0 Å². The van der Waals surface area contributed by atoms with Crippen LogP contribution in [0.5, 0.6) is 0 Å². The zero-order chi connectivity index (χ0) is 12.9. The second-order valence-corrected chi connectivity index (χ2v) is 5.80. The molecule has 1 rings (SSSR count). The molecule has 1 aromatic rings. The Balaban J connectivity index is 2.58. The monoisotopic (exact) mass is 235 g/mol. The first-order valence-corrected chi connectivity index (χ1v) is 6.28. The molecule has 3 nitrogen and oxygen atoms in total. The third-order valence-electron chi connectivity index (χ3n) is 2.37. The van der Waals surface area contributed by atoms with Gasteiger partial charge in [0.25, 0.3) is 0 Å². The molecule has 0 spiro atoms. The Morgan fingerprint density at radius 3 is 2.65 bits per heavy atom. The van der Waals surface area contributed by atoms with Crippen molar-refractivity contribution in [3.05, 3.63) is 24.0 Å². The highest BCUT2D eigenvalue weighted by molar-refractivity contribution is 5.42. The Hall–Kier alpha value is -1.09. The Kier molecular flexibility index (Phi) is 4.94. The van der Waals surface area contributed by atoms with E-state index in [0.717, 1.165) is 31.0 Å². The zero-order valence-electron chi connectivity index (χ0n) is 11.7. The van der Waals surface area contributed by atoms with Crippen LogP contribution in [0.15, 0.2) is 18.3 Å². The van der Waals surface area contributed by atoms with Gasteiger partial charge in [-0.05, 0) is 31.5 Å². The molecule has 1 aromatic heterocycles. The van der Waals surface area contributed by atoms with Crippen molar-refractivity contribution in [2.45, 2.75) is 34.2 Å². The normalized spacial score (nSPS) is 11.9. The summed E-state index contributed by atoms with van der Waals surface area (Å²) in [6, 6.07) is 4.14. The fourth-order valence-electron chi connectivity index (χ4n) is 2.02. The van der Waals surface area contributed by atoms with E-state index in [1.807, 2.05) is 12.3 Å². The number of nitrogens with zero attached hydrogens (tertiary/aromatic N) is 2. The Morgan fingerprint density at radius 2 is 2.06 bits per heavy atom. The van der Waals surface area contributed by atoms with Gasteiger partial charge in [0.1, 0.15) is 0 Å². The molecule has 0 atom stereocenters. The first-order valence-electron chi connectivity index (χ1n) is 6.28. The van der Waals surface area contributed by atoms with Crippen molar-refractivity contribution in [3.63, 3.8) is 0 Å². The van der Waals surface area contributed by atoms with Crippen LogP contribution in [0.2, 0.25) is 0 Å². The highest BCUT2D eigenvalue weighted by Crippen LogP contribution is 2.16. The smallest absolute Gasteiger partial charge is 0.0564 e. The molecule has 3 heteroatoms. The van der Waals surface area contributed by atoms with Gasteiger partial charge in [0, 0.05) is 31.5 Å². The van der Waals surface area contributed by atoms with E-state index in [-0.39, 0.29) is 0 Å². The molecule has 96 valence electrons. The fraction of sp³-hybridized carbons (Fsp3) is 0.643.